The molecule has 0 spiro atoms. The Morgan fingerprint density at radius 3 is 2.28 bits per heavy atom. The molecule has 1 amide bonds. The summed E-state index contributed by atoms with van der Waals surface area (Å²) in [5.41, 5.74) is 0.985. The first-order chi connectivity index (χ1) is 17.3. The summed E-state index contributed by atoms with van der Waals surface area (Å²) in [4.78, 5) is 22.1. The summed E-state index contributed by atoms with van der Waals surface area (Å²) in [7, 11) is 3.37. The van der Waals surface area contributed by atoms with Crippen molar-refractivity contribution in [2.24, 2.45) is 0 Å². The molecule has 1 aliphatic rings. The van der Waals surface area contributed by atoms with Crippen molar-refractivity contribution >= 4 is 42.6 Å². The van der Waals surface area contributed by atoms with E-state index in [1.807, 2.05) is 25.1 Å². The molecule has 0 unspecified atom stereocenters. The van der Waals surface area contributed by atoms with Gasteiger partial charge >= 0.3 is 0 Å². The topological polar surface area (TPSA) is 102 Å². The lowest BCUT2D eigenvalue weighted by Crippen LogP contribution is -2.40. The quantitative estimate of drug-likeness (QED) is 0.413. The highest BCUT2D eigenvalue weighted by atomic mass is 32.2. The monoisotopic (exact) mass is 534 g/mol. The van der Waals surface area contributed by atoms with Gasteiger partial charge in [0.05, 0.1) is 32.3 Å². The van der Waals surface area contributed by atoms with Gasteiger partial charge in [-0.3, -0.25) is 9.69 Å². The van der Waals surface area contributed by atoms with Gasteiger partial charge in [-0.15, -0.1) is 0 Å². The molecule has 1 aromatic heterocycles. The van der Waals surface area contributed by atoms with E-state index >= 15 is 0 Å². The Balaban J connectivity index is 1.67. The van der Waals surface area contributed by atoms with Crippen molar-refractivity contribution < 1.29 is 27.4 Å². The van der Waals surface area contributed by atoms with Crippen LogP contribution in [0.5, 0.6) is 11.5 Å². The van der Waals surface area contributed by atoms with Gasteiger partial charge in [0, 0.05) is 31.7 Å². The van der Waals surface area contributed by atoms with Gasteiger partial charge in [0.2, 0.25) is 10.0 Å². The highest BCUT2D eigenvalue weighted by Gasteiger charge is 2.28. The van der Waals surface area contributed by atoms with Gasteiger partial charge in [-0.2, -0.15) is 4.31 Å². The van der Waals surface area contributed by atoms with E-state index in [2.05, 4.69) is 0 Å². The second-order valence-corrected chi connectivity index (χ2v) is 11.4. The minimum absolute atomic E-state index is 0.148. The number of morpholine rings is 1. The fraction of sp³-hybridized carbons (Fsp3) is 0.417. The van der Waals surface area contributed by atoms with Crippen molar-refractivity contribution in [1.82, 2.24) is 14.2 Å². The molecule has 0 atom stereocenters. The van der Waals surface area contributed by atoms with E-state index in [1.165, 1.54) is 27.8 Å². The first kappa shape index (κ1) is 26.3. The number of benzene rings is 2. The molecule has 4 rings (SSSR count). The maximum Gasteiger partial charge on any atom is 0.260 e. The van der Waals surface area contributed by atoms with Crippen LogP contribution in [0.1, 0.15) is 10.4 Å². The van der Waals surface area contributed by atoms with Crippen molar-refractivity contribution in [1.29, 1.82) is 0 Å². The Hall–Kier alpha value is -2.77. The lowest BCUT2D eigenvalue weighted by molar-refractivity contribution is 0.0730. The van der Waals surface area contributed by atoms with E-state index < -0.39 is 10.0 Å². The van der Waals surface area contributed by atoms with Gasteiger partial charge in [0.25, 0.3) is 5.91 Å². The Morgan fingerprint density at radius 2 is 1.67 bits per heavy atom. The molecular weight excluding hydrogens is 504 g/mol. The number of anilines is 1. The molecule has 1 aliphatic heterocycles. The molecule has 2 heterocycles. The molecule has 0 radical (unpaired) electrons. The number of ether oxygens (including phenoxy) is 3. The van der Waals surface area contributed by atoms with Crippen LogP contribution in [0.2, 0.25) is 0 Å². The Morgan fingerprint density at radius 1 is 1.03 bits per heavy atom. The second-order valence-electron chi connectivity index (χ2n) is 8.45. The first-order valence-corrected chi connectivity index (χ1v) is 13.7. The molecule has 1 fully saturated rings. The SMILES string of the molecule is COc1ccc(OC)c2sc(N(CCN(C)C)C(=O)c3ccc(S(=O)(=O)N4CCOCC4)cc3)nc12. The third kappa shape index (κ3) is 5.32. The van der Waals surface area contributed by atoms with Gasteiger partial charge < -0.3 is 19.1 Å². The number of sulfonamides is 1. The molecule has 2 aromatic carbocycles. The van der Waals surface area contributed by atoms with E-state index in [0.29, 0.717) is 67.1 Å². The number of aromatic nitrogens is 1. The number of methoxy groups -OCH3 is 2. The molecule has 0 saturated carbocycles. The molecule has 36 heavy (non-hydrogen) atoms. The van der Waals surface area contributed by atoms with Gasteiger partial charge in [-0.05, 0) is 50.5 Å². The average Bonchev–Trinajstić information content (AvgIpc) is 3.33. The average molecular weight is 535 g/mol. The van der Waals surface area contributed by atoms with Gasteiger partial charge in [0.1, 0.15) is 21.7 Å². The van der Waals surface area contributed by atoms with Crippen LogP contribution in [0.4, 0.5) is 5.13 Å². The third-order valence-electron chi connectivity index (χ3n) is 5.85. The van der Waals surface area contributed by atoms with Crippen molar-refractivity contribution in [3.8, 4) is 11.5 Å². The maximum atomic E-state index is 13.6. The zero-order chi connectivity index (χ0) is 25.9. The normalized spacial score (nSPS) is 14.8. The van der Waals surface area contributed by atoms with Gasteiger partial charge in [-0.1, -0.05) is 11.3 Å². The summed E-state index contributed by atoms with van der Waals surface area (Å²) < 4.78 is 44.3. The van der Waals surface area contributed by atoms with Crippen LogP contribution in [0.3, 0.4) is 0 Å². The van der Waals surface area contributed by atoms with Crippen molar-refractivity contribution in [2.45, 2.75) is 4.90 Å². The number of carbonyl (C=O) groups is 1. The molecule has 194 valence electrons. The van der Waals surface area contributed by atoms with E-state index in [9.17, 15) is 13.2 Å². The van der Waals surface area contributed by atoms with E-state index in [4.69, 9.17) is 19.2 Å². The Labute approximate surface area is 215 Å². The minimum atomic E-state index is -3.65. The first-order valence-electron chi connectivity index (χ1n) is 11.4. The van der Waals surface area contributed by atoms with Crippen molar-refractivity contribution in [3.63, 3.8) is 0 Å². The number of carbonyl (C=O) groups excluding carboxylic acids is 1. The Kier molecular flexibility index (Phi) is 8.10. The largest absolute Gasteiger partial charge is 0.495 e. The fourth-order valence-corrected chi connectivity index (χ4v) is 6.34. The van der Waals surface area contributed by atoms with Gasteiger partial charge in [-0.25, -0.2) is 13.4 Å². The molecule has 12 heteroatoms. The number of likely N-dealkylation sites (N-methyl/N-ethyl adjacent to an activating group) is 1. The van der Waals surface area contributed by atoms with E-state index in [-0.39, 0.29) is 10.8 Å². The molecule has 0 aliphatic carbocycles. The van der Waals surface area contributed by atoms with Crippen LogP contribution >= 0.6 is 11.3 Å². The molecule has 3 aromatic rings. The number of nitrogens with zero attached hydrogens (tertiary/aromatic N) is 4. The number of amides is 1. The smallest absolute Gasteiger partial charge is 0.260 e. The summed E-state index contributed by atoms with van der Waals surface area (Å²) in [5, 5.41) is 0.504. The number of fused-ring (bicyclic) bond motifs is 1. The molecule has 1 saturated heterocycles. The standard InChI is InChI=1S/C24H30N4O6S2/c1-26(2)11-12-28(24-25-21-19(32-3)9-10-20(33-4)22(21)35-24)23(29)17-5-7-18(8-6-17)36(30,31)27-13-15-34-16-14-27/h5-10H,11-16H2,1-4H3. The van der Waals surface area contributed by atoms with E-state index in [0.717, 1.165) is 4.70 Å². The van der Waals surface area contributed by atoms with Crippen molar-refractivity contribution in [3.05, 3.63) is 42.0 Å². The van der Waals surface area contributed by atoms with Crippen LogP contribution in [-0.2, 0) is 14.8 Å². The summed E-state index contributed by atoms with van der Waals surface area (Å²) in [6.45, 7) is 2.37. The predicted molar refractivity (Wildman–Crippen MR) is 139 cm³/mol. The van der Waals surface area contributed by atoms with Crippen LogP contribution in [0.25, 0.3) is 10.2 Å². The maximum absolute atomic E-state index is 13.6. The van der Waals surface area contributed by atoms with Gasteiger partial charge in [0.15, 0.2) is 5.13 Å². The molecule has 0 N–H and O–H groups in total. The fourth-order valence-electron chi connectivity index (χ4n) is 3.84. The minimum Gasteiger partial charge on any atom is -0.495 e. The number of hydrogen-bond donors (Lipinski definition) is 0. The van der Waals surface area contributed by atoms with E-state index in [1.54, 1.807) is 37.3 Å². The lowest BCUT2D eigenvalue weighted by atomic mass is 10.2. The number of hydrogen-bond acceptors (Lipinski definition) is 9. The Bertz CT molecular complexity index is 1280. The van der Waals surface area contributed by atoms with Crippen LogP contribution < -0.4 is 14.4 Å². The van der Waals surface area contributed by atoms with Crippen molar-refractivity contribution in [2.75, 3.05) is 72.6 Å². The predicted octanol–water partition coefficient (Wildman–Crippen LogP) is 2.54. The van der Waals surface area contributed by atoms with Crippen LogP contribution in [0.15, 0.2) is 41.3 Å². The summed E-state index contributed by atoms with van der Waals surface area (Å²) in [6, 6.07) is 9.64. The number of rotatable bonds is 9. The summed E-state index contributed by atoms with van der Waals surface area (Å²) in [5.74, 6) is 0.961. The van der Waals surface area contributed by atoms with Crippen LogP contribution in [-0.4, -0.2) is 96.2 Å². The summed E-state index contributed by atoms with van der Waals surface area (Å²) >= 11 is 1.34. The molecule has 0 bridgehead atoms. The van der Waals surface area contributed by atoms with Crippen LogP contribution in [0, 0.1) is 0 Å². The zero-order valence-electron chi connectivity index (χ0n) is 20.8. The highest BCUT2D eigenvalue weighted by Crippen LogP contribution is 2.40. The highest BCUT2D eigenvalue weighted by molar-refractivity contribution is 7.89. The molecule has 10 nitrogen and oxygen atoms in total. The summed E-state index contributed by atoms with van der Waals surface area (Å²) in [6.07, 6.45) is 0. The third-order valence-corrected chi connectivity index (χ3v) is 8.86. The number of thiazole rings is 1. The zero-order valence-corrected chi connectivity index (χ0v) is 22.4. The lowest BCUT2D eigenvalue weighted by Gasteiger charge is -2.26. The molecular formula is C24H30N4O6S2. The second kappa shape index (κ2) is 11.1.